The Morgan fingerprint density at radius 3 is 1.20 bits per heavy atom. The second-order valence-corrected chi connectivity index (χ2v) is 9.82. The van der Waals surface area contributed by atoms with Crippen molar-refractivity contribution in [1.82, 2.24) is 0 Å². The highest BCUT2D eigenvalue weighted by Crippen LogP contribution is 2.39. The van der Waals surface area contributed by atoms with Crippen LogP contribution in [0.2, 0.25) is 0 Å². The first kappa shape index (κ1) is 29.6. The van der Waals surface area contributed by atoms with Gasteiger partial charge in [-0.15, -0.1) is 0 Å². The molecule has 0 spiro atoms. The maximum atomic E-state index is 12.7. The smallest absolute Gasteiger partial charge is 0.381 e. The fourth-order valence-electron chi connectivity index (χ4n) is 3.29. The number of halogens is 5. The van der Waals surface area contributed by atoms with Gasteiger partial charge in [-0.1, -0.05) is 97.8 Å². The first-order valence-corrected chi connectivity index (χ1v) is 12.0. The molecular weight excluding hydrogens is 399 g/mol. The van der Waals surface area contributed by atoms with Gasteiger partial charge in [0.05, 0.1) is 0 Å². The van der Waals surface area contributed by atoms with Crippen LogP contribution in [0.1, 0.15) is 124 Å². The van der Waals surface area contributed by atoms with Crippen LogP contribution in [0.5, 0.6) is 0 Å². The number of hydrogen-bond donors (Lipinski definition) is 0. The molecule has 0 saturated carbocycles. The molecule has 0 aliphatic rings. The summed E-state index contributed by atoms with van der Waals surface area (Å²) in [7, 11) is 0. The quantitative estimate of drug-likeness (QED) is 0.142. The number of ether oxygens (including phenoxy) is 1. The van der Waals surface area contributed by atoms with E-state index in [4.69, 9.17) is 4.74 Å². The molecule has 6 heteroatoms. The lowest BCUT2D eigenvalue weighted by Crippen LogP contribution is -2.36. The predicted molar refractivity (Wildman–Crippen MR) is 115 cm³/mol. The van der Waals surface area contributed by atoms with Gasteiger partial charge in [0.15, 0.2) is 0 Å². The van der Waals surface area contributed by atoms with Gasteiger partial charge in [-0.25, -0.2) is 0 Å². The van der Waals surface area contributed by atoms with Crippen molar-refractivity contribution in [1.29, 1.82) is 0 Å². The van der Waals surface area contributed by atoms with Crippen molar-refractivity contribution in [2.24, 2.45) is 5.41 Å². The lowest BCUT2D eigenvalue weighted by atomic mass is 9.93. The third-order valence-electron chi connectivity index (χ3n) is 5.44. The summed E-state index contributed by atoms with van der Waals surface area (Å²) in [5.74, 6) is -4.53. The third kappa shape index (κ3) is 18.4. The van der Waals surface area contributed by atoms with Gasteiger partial charge in [0, 0.05) is 19.6 Å². The topological polar surface area (TPSA) is 9.23 Å². The maximum absolute atomic E-state index is 12.7. The lowest BCUT2D eigenvalue weighted by Gasteiger charge is -2.19. The van der Waals surface area contributed by atoms with Gasteiger partial charge in [0.25, 0.3) is 0 Å². The van der Waals surface area contributed by atoms with E-state index in [1.807, 2.05) is 0 Å². The summed E-state index contributed by atoms with van der Waals surface area (Å²) in [6, 6.07) is 0. The van der Waals surface area contributed by atoms with Gasteiger partial charge in [0.1, 0.15) is 0 Å². The molecule has 0 bridgehead atoms. The Morgan fingerprint density at radius 1 is 0.467 bits per heavy atom. The van der Waals surface area contributed by atoms with Crippen molar-refractivity contribution in [2.75, 3.05) is 13.2 Å². The highest BCUT2D eigenvalue weighted by Gasteiger charge is 2.56. The van der Waals surface area contributed by atoms with Crippen LogP contribution in [0.15, 0.2) is 0 Å². The van der Waals surface area contributed by atoms with Gasteiger partial charge in [-0.2, -0.15) is 22.0 Å². The van der Waals surface area contributed by atoms with Crippen molar-refractivity contribution in [3.8, 4) is 0 Å². The SMILES string of the molecule is CC(C)(C)CCOCCCCCCCCCCCCCCCCC(F)(F)C(F)(F)F. The molecule has 0 aromatic rings. The molecule has 0 saturated heterocycles. The van der Waals surface area contributed by atoms with E-state index in [-0.39, 0.29) is 6.42 Å². The third-order valence-corrected chi connectivity index (χ3v) is 5.44. The minimum absolute atomic E-state index is 0.0600. The van der Waals surface area contributed by atoms with Crippen LogP contribution < -0.4 is 0 Å². The molecule has 30 heavy (non-hydrogen) atoms. The highest BCUT2D eigenvalue weighted by atomic mass is 19.4. The molecule has 0 fully saturated rings. The number of alkyl halides is 5. The van der Waals surface area contributed by atoms with Crippen LogP contribution in [0.4, 0.5) is 22.0 Å². The summed E-state index contributed by atoms with van der Waals surface area (Å²) < 4.78 is 67.3. The van der Waals surface area contributed by atoms with Crippen molar-refractivity contribution in [3.63, 3.8) is 0 Å². The molecule has 0 unspecified atom stereocenters. The Balaban J connectivity index is 3.22. The molecule has 0 amide bonds. The van der Waals surface area contributed by atoms with Gasteiger partial charge in [-0.3, -0.25) is 0 Å². The minimum atomic E-state index is -5.41. The zero-order valence-corrected chi connectivity index (χ0v) is 19.5. The van der Waals surface area contributed by atoms with E-state index in [9.17, 15) is 22.0 Å². The van der Waals surface area contributed by atoms with Crippen LogP contribution in [0.3, 0.4) is 0 Å². The molecule has 0 aromatic carbocycles. The standard InChI is InChI=1S/C24H45F5O/c1-22(2,3)19-21-30-20-17-15-13-11-9-7-5-4-6-8-10-12-14-16-18-23(25,26)24(27,28)29/h4-21H2,1-3H3. The first-order valence-electron chi connectivity index (χ1n) is 12.0. The second-order valence-electron chi connectivity index (χ2n) is 9.82. The average molecular weight is 445 g/mol. The molecule has 0 aliphatic carbocycles. The van der Waals surface area contributed by atoms with Gasteiger partial charge < -0.3 is 4.74 Å². The summed E-state index contributed by atoms with van der Waals surface area (Å²) in [6.07, 6.45) is 8.75. The van der Waals surface area contributed by atoms with E-state index in [2.05, 4.69) is 20.8 Å². The Hall–Kier alpha value is -0.390. The fourth-order valence-corrected chi connectivity index (χ4v) is 3.29. The van der Waals surface area contributed by atoms with Crippen LogP contribution in [0.25, 0.3) is 0 Å². The average Bonchev–Trinajstić information content (AvgIpc) is 2.61. The highest BCUT2D eigenvalue weighted by molar-refractivity contribution is 4.75. The van der Waals surface area contributed by atoms with Crippen LogP contribution >= 0.6 is 0 Å². The molecule has 0 aromatic heterocycles. The molecular formula is C24H45F5O. The number of unbranched alkanes of at least 4 members (excludes halogenated alkanes) is 13. The molecule has 0 heterocycles. The summed E-state index contributed by atoms with van der Waals surface area (Å²) >= 11 is 0. The van der Waals surface area contributed by atoms with E-state index in [1.54, 1.807) is 0 Å². The molecule has 0 rings (SSSR count). The normalized spacial score (nSPS) is 13.2. The number of hydrogen-bond acceptors (Lipinski definition) is 1. The molecule has 0 N–H and O–H groups in total. The largest absolute Gasteiger partial charge is 0.453 e. The predicted octanol–water partition coefficient (Wildman–Crippen LogP) is 9.49. The Bertz CT molecular complexity index is 388. The van der Waals surface area contributed by atoms with Crippen molar-refractivity contribution in [3.05, 3.63) is 0 Å². The van der Waals surface area contributed by atoms with E-state index in [0.29, 0.717) is 11.8 Å². The Kier molecular flexibility index (Phi) is 16.1. The van der Waals surface area contributed by atoms with Crippen LogP contribution in [0, 0.1) is 5.41 Å². The fraction of sp³-hybridized carbons (Fsp3) is 1.00. The van der Waals surface area contributed by atoms with Crippen molar-refractivity contribution < 1.29 is 26.7 Å². The summed E-state index contributed by atoms with van der Waals surface area (Å²) in [5.41, 5.74) is 0.347. The van der Waals surface area contributed by atoms with Crippen LogP contribution in [-0.4, -0.2) is 25.3 Å². The monoisotopic (exact) mass is 444 g/mol. The Morgan fingerprint density at radius 2 is 0.833 bits per heavy atom. The molecule has 1 nitrogen and oxygen atoms in total. The molecule has 0 atom stereocenters. The van der Waals surface area contributed by atoms with Crippen molar-refractivity contribution >= 4 is 0 Å². The van der Waals surface area contributed by atoms with Gasteiger partial charge >= 0.3 is 12.1 Å². The number of rotatable bonds is 19. The van der Waals surface area contributed by atoms with E-state index in [1.165, 1.54) is 44.9 Å². The minimum Gasteiger partial charge on any atom is -0.381 e. The van der Waals surface area contributed by atoms with E-state index < -0.39 is 18.5 Å². The van der Waals surface area contributed by atoms with Gasteiger partial charge in [-0.05, 0) is 24.7 Å². The van der Waals surface area contributed by atoms with E-state index >= 15 is 0 Å². The molecule has 0 radical (unpaired) electrons. The van der Waals surface area contributed by atoms with Crippen molar-refractivity contribution in [2.45, 2.75) is 136 Å². The van der Waals surface area contributed by atoms with Gasteiger partial charge in [0.2, 0.25) is 0 Å². The zero-order chi connectivity index (χ0) is 22.9. The first-order chi connectivity index (χ1) is 14.0. The lowest BCUT2D eigenvalue weighted by molar-refractivity contribution is -0.284. The Labute approximate surface area is 181 Å². The summed E-state index contributed by atoms with van der Waals surface area (Å²) in [6.45, 7) is 8.43. The van der Waals surface area contributed by atoms with Crippen LogP contribution in [-0.2, 0) is 4.74 Å². The summed E-state index contributed by atoms with van der Waals surface area (Å²) in [5, 5.41) is 0. The maximum Gasteiger partial charge on any atom is 0.453 e. The van der Waals surface area contributed by atoms with E-state index in [0.717, 1.165) is 51.7 Å². The second kappa shape index (κ2) is 16.3. The zero-order valence-electron chi connectivity index (χ0n) is 19.5. The summed E-state index contributed by atoms with van der Waals surface area (Å²) in [4.78, 5) is 0. The molecule has 182 valence electrons. The molecule has 0 aliphatic heterocycles.